The van der Waals surface area contributed by atoms with Gasteiger partial charge in [-0.25, -0.2) is 0 Å². The van der Waals surface area contributed by atoms with Crippen LogP contribution in [0.1, 0.15) is 17.9 Å². The molecule has 0 radical (unpaired) electrons. The molecule has 3 aromatic carbocycles. The van der Waals surface area contributed by atoms with Gasteiger partial charge in [0.05, 0.1) is 23.5 Å². The highest BCUT2D eigenvalue weighted by Gasteiger charge is 2.50. The number of methoxy groups -OCH3 is 1. The number of fused-ring (bicyclic) bond motifs is 3. The van der Waals surface area contributed by atoms with Crippen molar-refractivity contribution in [2.45, 2.75) is 27.2 Å². The van der Waals surface area contributed by atoms with Gasteiger partial charge in [0.1, 0.15) is 0 Å². The fourth-order valence-corrected chi connectivity index (χ4v) is 7.36. The number of benzene rings is 3. The summed E-state index contributed by atoms with van der Waals surface area (Å²) in [6.07, 6.45) is 3.25. The summed E-state index contributed by atoms with van der Waals surface area (Å²) in [5, 5.41) is 0.743. The molecule has 3 aromatic rings. The fourth-order valence-electron chi connectivity index (χ4n) is 4.78. The Bertz CT molecular complexity index is 1240. The summed E-state index contributed by atoms with van der Waals surface area (Å²) < 4.78 is 12.5. The van der Waals surface area contributed by atoms with Gasteiger partial charge >= 0.3 is 0 Å². The zero-order valence-electron chi connectivity index (χ0n) is 18.2. The molecule has 3 aliphatic rings. The summed E-state index contributed by atoms with van der Waals surface area (Å²) in [5.41, 5.74) is 3.65. The van der Waals surface area contributed by atoms with Crippen LogP contribution in [0.25, 0.3) is 0 Å². The van der Waals surface area contributed by atoms with E-state index in [0.717, 1.165) is 17.9 Å². The molecule has 3 heterocycles. The molecule has 2 atom stereocenters. The topological polar surface area (TPSA) is 24.9 Å². The van der Waals surface area contributed by atoms with E-state index in [9.17, 15) is 0 Å². The minimum absolute atomic E-state index is 0.192. The Labute approximate surface area is 197 Å². The second-order valence-corrected chi connectivity index (χ2v) is 10.6. The molecule has 1 spiro atoms. The number of para-hydroxylation sites is 3. The second kappa shape index (κ2) is 7.42. The molecule has 4 nitrogen and oxygen atoms in total. The number of thioether (sulfide) groups is 2. The van der Waals surface area contributed by atoms with E-state index < -0.39 is 5.06 Å². The third-order valence-corrected chi connectivity index (χ3v) is 9.08. The summed E-state index contributed by atoms with van der Waals surface area (Å²) in [6.45, 7) is 0. The molecule has 0 N–H and O–H groups in total. The summed E-state index contributed by atoms with van der Waals surface area (Å²) in [6, 6.07) is 23.3. The number of ether oxygens (including phenoxy) is 2. The quantitative estimate of drug-likeness (QED) is 0.431. The maximum absolute atomic E-state index is 6.79. The van der Waals surface area contributed by atoms with Crippen molar-refractivity contribution in [2.75, 3.05) is 31.0 Å². The first-order valence-electron chi connectivity index (χ1n) is 10.7. The zero-order valence-corrected chi connectivity index (χ0v) is 19.9. The molecule has 0 aromatic heterocycles. The lowest BCUT2D eigenvalue weighted by molar-refractivity contribution is 0.129. The number of hydrogen-bond donors (Lipinski definition) is 0. The Morgan fingerprint density at radius 3 is 2.47 bits per heavy atom. The van der Waals surface area contributed by atoms with Gasteiger partial charge in [0.15, 0.2) is 11.5 Å². The van der Waals surface area contributed by atoms with E-state index >= 15 is 0 Å². The highest BCUT2D eigenvalue weighted by Crippen LogP contribution is 2.59. The predicted octanol–water partition coefficient (Wildman–Crippen LogP) is 6.54. The van der Waals surface area contributed by atoms with Crippen LogP contribution in [0.3, 0.4) is 0 Å². The van der Waals surface area contributed by atoms with Gasteiger partial charge in [0.25, 0.3) is 0 Å². The minimum Gasteiger partial charge on any atom is -0.493 e. The molecule has 0 fully saturated rings. The average molecular weight is 461 g/mol. The first kappa shape index (κ1) is 19.9. The van der Waals surface area contributed by atoms with E-state index in [1.165, 1.54) is 31.8 Å². The number of allylic oxidation sites excluding steroid dienone is 1. The van der Waals surface area contributed by atoms with Crippen LogP contribution in [0.15, 0.2) is 87.6 Å². The van der Waals surface area contributed by atoms with Crippen molar-refractivity contribution in [2.24, 2.45) is 0 Å². The largest absolute Gasteiger partial charge is 0.493 e. The molecular formula is C26H24N2O2S2. The Morgan fingerprint density at radius 2 is 1.72 bits per heavy atom. The van der Waals surface area contributed by atoms with Crippen LogP contribution >= 0.6 is 23.5 Å². The van der Waals surface area contributed by atoms with Gasteiger partial charge in [-0.15, -0.1) is 0 Å². The van der Waals surface area contributed by atoms with Crippen molar-refractivity contribution in [3.05, 3.63) is 83.4 Å². The molecule has 0 bridgehead atoms. The Hall–Kier alpha value is -2.70. The molecular weight excluding hydrogens is 436 g/mol. The van der Waals surface area contributed by atoms with E-state index in [-0.39, 0.29) is 5.92 Å². The molecule has 32 heavy (non-hydrogen) atoms. The van der Waals surface area contributed by atoms with Gasteiger partial charge in [0, 0.05) is 41.8 Å². The molecule has 162 valence electrons. The summed E-state index contributed by atoms with van der Waals surface area (Å²) >= 11 is 3.63. The van der Waals surface area contributed by atoms with E-state index in [0.29, 0.717) is 0 Å². The van der Waals surface area contributed by atoms with Crippen molar-refractivity contribution >= 4 is 34.9 Å². The van der Waals surface area contributed by atoms with Crippen LogP contribution in [0, 0.1) is 0 Å². The highest BCUT2D eigenvalue weighted by molar-refractivity contribution is 8.03. The molecule has 0 aliphatic carbocycles. The van der Waals surface area contributed by atoms with Crippen molar-refractivity contribution in [3.8, 4) is 11.5 Å². The lowest BCUT2D eigenvalue weighted by atomic mass is 9.90. The van der Waals surface area contributed by atoms with Crippen molar-refractivity contribution in [1.29, 1.82) is 0 Å². The number of hydrogen-bond acceptors (Lipinski definition) is 6. The monoisotopic (exact) mass is 460 g/mol. The second-order valence-electron chi connectivity index (χ2n) is 8.27. The van der Waals surface area contributed by atoms with E-state index in [4.69, 9.17) is 9.47 Å². The molecule has 3 aliphatic heterocycles. The minimum atomic E-state index is -0.512. The van der Waals surface area contributed by atoms with Gasteiger partial charge in [0.2, 0.25) is 5.06 Å². The predicted molar refractivity (Wildman–Crippen MR) is 133 cm³/mol. The van der Waals surface area contributed by atoms with Crippen LogP contribution in [0.2, 0.25) is 0 Å². The zero-order chi connectivity index (χ0) is 21.9. The highest BCUT2D eigenvalue weighted by atomic mass is 32.2. The van der Waals surface area contributed by atoms with Gasteiger partial charge in [-0.3, -0.25) is 0 Å². The fraction of sp³-hybridized carbons (Fsp3) is 0.231. The Morgan fingerprint density at radius 1 is 0.969 bits per heavy atom. The number of anilines is 2. The number of rotatable bonds is 2. The van der Waals surface area contributed by atoms with Crippen LogP contribution in [0.4, 0.5) is 11.4 Å². The van der Waals surface area contributed by atoms with Gasteiger partial charge in [-0.05, 0) is 36.4 Å². The lowest BCUT2D eigenvalue weighted by Crippen LogP contribution is -2.49. The normalized spacial score (nSPS) is 24.3. The Kier molecular flexibility index (Phi) is 4.63. The van der Waals surface area contributed by atoms with Gasteiger partial charge in [-0.1, -0.05) is 59.9 Å². The molecule has 6 rings (SSSR count). The number of nitrogens with zero attached hydrogens (tertiary/aromatic N) is 2. The summed E-state index contributed by atoms with van der Waals surface area (Å²) in [5.74, 6) is 1.82. The lowest BCUT2D eigenvalue weighted by Gasteiger charge is -2.43. The molecule has 2 unspecified atom stereocenters. The Balaban J connectivity index is 1.45. The molecule has 0 saturated heterocycles. The third-order valence-electron chi connectivity index (χ3n) is 6.49. The van der Waals surface area contributed by atoms with Crippen molar-refractivity contribution < 1.29 is 9.47 Å². The van der Waals surface area contributed by atoms with E-state index in [2.05, 4.69) is 90.6 Å². The smallest absolute Gasteiger partial charge is 0.237 e. The maximum atomic E-state index is 6.79. The van der Waals surface area contributed by atoms with Crippen LogP contribution in [-0.4, -0.2) is 26.3 Å². The molecule has 0 saturated carbocycles. The first-order chi connectivity index (χ1) is 15.6. The standard InChI is InChI=1S/C26H24N2O2S2/c1-27-19-10-4-6-13-22(19)31-24(27)15-17-16-26(28(2)20-11-5-7-14-23(20)32-26)30-25-18(17)9-8-12-21(25)29-3/h4-15,17H,16H2,1-3H3. The SMILES string of the molecule is COc1cccc2c1OC1(CC2C=C2Sc3ccccc3N2C)Sc2ccccc2N1C. The van der Waals surface area contributed by atoms with E-state index in [1.54, 1.807) is 18.9 Å². The van der Waals surface area contributed by atoms with E-state index in [1.807, 2.05) is 17.8 Å². The summed E-state index contributed by atoms with van der Waals surface area (Å²) in [4.78, 5) is 7.13. The van der Waals surface area contributed by atoms with Crippen molar-refractivity contribution in [1.82, 2.24) is 0 Å². The first-order valence-corrected chi connectivity index (χ1v) is 12.3. The third kappa shape index (κ3) is 2.93. The molecule has 6 heteroatoms. The summed E-state index contributed by atoms with van der Waals surface area (Å²) in [7, 11) is 6.00. The average Bonchev–Trinajstić information content (AvgIpc) is 3.27. The van der Waals surface area contributed by atoms with Crippen LogP contribution in [-0.2, 0) is 0 Å². The van der Waals surface area contributed by atoms with Crippen LogP contribution in [0.5, 0.6) is 11.5 Å². The van der Waals surface area contributed by atoms with Gasteiger partial charge < -0.3 is 19.3 Å². The van der Waals surface area contributed by atoms with Crippen LogP contribution < -0.4 is 19.3 Å². The maximum Gasteiger partial charge on any atom is 0.237 e. The molecule has 0 amide bonds. The van der Waals surface area contributed by atoms with Gasteiger partial charge in [-0.2, -0.15) is 0 Å². The van der Waals surface area contributed by atoms with Crippen molar-refractivity contribution in [3.63, 3.8) is 0 Å².